The Hall–Kier alpha value is -3.14. The largest absolute Gasteiger partial charge is 0.354 e. The minimum Gasteiger partial charge on any atom is -0.354 e. The van der Waals surface area contributed by atoms with Crippen molar-refractivity contribution in [2.75, 3.05) is 6.54 Å². The Labute approximate surface area is 190 Å². The molecule has 0 heterocycles. The normalized spacial score (nSPS) is 15.2. The minimum absolute atomic E-state index is 0.0569. The quantitative estimate of drug-likeness (QED) is 0.480. The van der Waals surface area contributed by atoms with Crippen molar-refractivity contribution in [2.24, 2.45) is 5.92 Å². The Bertz CT molecular complexity index is 1040. The van der Waals surface area contributed by atoms with Gasteiger partial charge in [-0.15, -0.1) is 0 Å². The van der Waals surface area contributed by atoms with Crippen molar-refractivity contribution in [3.05, 3.63) is 83.9 Å². The van der Waals surface area contributed by atoms with Gasteiger partial charge in [0.1, 0.15) is 6.04 Å². The van der Waals surface area contributed by atoms with E-state index in [0.29, 0.717) is 12.1 Å². The minimum atomic E-state index is -0.488. The third-order valence-electron chi connectivity index (χ3n) is 6.51. The number of benzene rings is 3. The molecule has 4 rings (SSSR count). The Morgan fingerprint density at radius 1 is 0.844 bits per heavy atom. The SMILES string of the molecule is O=C(N[C@H](C(=O)NCCCc1ccccc1)C1CCCCC1)c1cccc2ccccc12. The fourth-order valence-electron chi connectivity index (χ4n) is 4.77. The van der Waals surface area contributed by atoms with Crippen molar-refractivity contribution in [3.63, 3.8) is 0 Å². The topological polar surface area (TPSA) is 58.2 Å². The van der Waals surface area contributed by atoms with E-state index in [1.54, 1.807) is 0 Å². The molecule has 0 aromatic heterocycles. The first-order chi connectivity index (χ1) is 15.7. The number of hydrogen-bond donors (Lipinski definition) is 2. The molecule has 0 spiro atoms. The van der Waals surface area contributed by atoms with Gasteiger partial charge in [0, 0.05) is 12.1 Å². The Morgan fingerprint density at radius 2 is 1.56 bits per heavy atom. The summed E-state index contributed by atoms with van der Waals surface area (Å²) in [5.74, 6) is -0.0350. The van der Waals surface area contributed by atoms with E-state index in [4.69, 9.17) is 0 Å². The van der Waals surface area contributed by atoms with Crippen LogP contribution in [0, 0.1) is 5.92 Å². The monoisotopic (exact) mass is 428 g/mol. The first-order valence-electron chi connectivity index (χ1n) is 11.8. The summed E-state index contributed by atoms with van der Waals surface area (Å²) in [5, 5.41) is 8.14. The van der Waals surface area contributed by atoms with E-state index in [0.717, 1.165) is 49.3 Å². The van der Waals surface area contributed by atoms with Gasteiger partial charge in [0.15, 0.2) is 0 Å². The second-order valence-electron chi connectivity index (χ2n) is 8.76. The molecular formula is C28H32N2O2. The highest BCUT2D eigenvalue weighted by Crippen LogP contribution is 2.27. The number of nitrogens with one attached hydrogen (secondary N) is 2. The molecule has 1 saturated carbocycles. The molecule has 32 heavy (non-hydrogen) atoms. The summed E-state index contributed by atoms with van der Waals surface area (Å²) >= 11 is 0. The number of rotatable bonds is 8. The molecule has 4 heteroatoms. The van der Waals surface area contributed by atoms with Gasteiger partial charge in [-0.25, -0.2) is 0 Å². The van der Waals surface area contributed by atoms with Gasteiger partial charge in [-0.3, -0.25) is 9.59 Å². The molecule has 1 aliphatic carbocycles. The first kappa shape index (κ1) is 22.1. The molecule has 1 aliphatic rings. The zero-order valence-corrected chi connectivity index (χ0v) is 18.6. The van der Waals surface area contributed by atoms with Crippen LogP contribution in [-0.4, -0.2) is 24.4 Å². The van der Waals surface area contributed by atoms with E-state index in [-0.39, 0.29) is 17.7 Å². The molecule has 2 amide bonds. The van der Waals surface area contributed by atoms with E-state index in [9.17, 15) is 9.59 Å². The van der Waals surface area contributed by atoms with E-state index in [1.165, 1.54) is 12.0 Å². The Balaban J connectivity index is 1.42. The summed E-state index contributed by atoms with van der Waals surface area (Å²) in [6.45, 7) is 0.612. The Kier molecular flexibility index (Phi) is 7.55. The van der Waals surface area contributed by atoms with Gasteiger partial charge in [-0.05, 0) is 54.0 Å². The van der Waals surface area contributed by atoms with Crippen LogP contribution >= 0.6 is 0 Å². The third kappa shape index (κ3) is 5.56. The maximum absolute atomic E-state index is 13.2. The van der Waals surface area contributed by atoms with Crippen LogP contribution in [0.25, 0.3) is 10.8 Å². The number of carbonyl (C=O) groups is 2. The lowest BCUT2D eigenvalue weighted by Crippen LogP contribution is -2.51. The van der Waals surface area contributed by atoms with Crippen molar-refractivity contribution in [1.29, 1.82) is 0 Å². The number of fused-ring (bicyclic) bond motifs is 1. The lowest BCUT2D eigenvalue weighted by molar-refractivity contribution is -0.124. The average molecular weight is 429 g/mol. The maximum Gasteiger partial charge on any atom is 0.252 e. The van der Waals surface area contributed by atoms with Crippen molar-refractivity contribution in [2.45, 2.75) is 51.0 Å². The molecule has 0 saturated heterocycles. The molecule has 0 aliphatic heterocycles. The maximum atomic E-state index is 13.2. The number of hydrogen-bond acceptors (Lipinski definition) is 2. The van der Waals surface area contributed by atoms with Gasteiger partial charge in [-0.2, -0.15) is 0 Å². The molecular weight excluding hydrogens is 396 g/mol. The smallest absolute Gasteiger partial charge is 0.252 e. The molecule has 1 fully saturated rings. The van der Waals surface area contributed by atoms with Gasteiger partial charge in [0.25, 0.3) is 5.91 Å². The molecule has 2 N–H and O–H groups in total. The predicted molar refractivity (Wildman–Crippen MR) is 130 cm³/mol. The van der Waals surface area contributed by atoms with Crippen LogP contribution in [0.3, 0.4) is 0 Å². The lowest BCUT2D eigenvalue weighted by Gasteiger charge is -2.30. The highest BCUT2D eigenvalue weighted by molar-refractivity contribution is 6.08. The van der Waals surface area contributed by atoms with Crippen molar-refractivity contribution < 1.29 is 9.59 Å². The van der Waals surface area contributed by atoms with Crippen LogP contribution in [-0.2, 0) is 11.2 Å². The van der Waals surface area contributed by atoms with Gasteiger partial charge >= 0.3 is 0 Å². The molecule has 3 aromatic carbocycles. The Morgan fingerprint density at radius 3 is 2.38 bits per heavy atom. The summed E-state index contributed by atoms with van der Waals surface area (Å²) < 4.78 is 0. The highest BCUT2D eigenvalue weighted by Gasteiger charge is 2.31. The van der Waals surface area contributed by atoms with E-state index >= 15 is 0 Å². The van der Waals surface area contributed by atoms with Crippen LogP contribution in [0.1, 0.15) is 54.4 Å². The van der Waals surface area contributed by atoms with Gasteiger partial charge in [0.2, 0.25) is 5.91 Å². The zero-order valence-electron chi connectivity index (χ0n) is 18.6. The van der Waals surface area contributed by atoms with Crippen LogP contribution in [0.2, 0.25) is 0 Å². The average Bonchev–Trinajstić information content (AvgIpc) is 2.85. The van der Waals surface area contributed by atoms with Gasteiger partial charge in [0.05, 0.1) is 0 Å². The molecule has 0 bridgehead atoms. The van der Waals surface area contributed by atoms with Crippen LogP contribution in [0.4, 0.5) is 0 Å². The van der Waals surface area contributed by atoms with Crippen LogP contribution < -0.4 is 10.6 Å². The molecule has 0 unspecified atom stereocenters. The lowest BCUT2D eigenvalue weighted by atomic mass is 9.83. The van der Waals surface area contributed by atoms with Gasteiger partial charge < -0.3 is 10.6 Å². The molecule has 0 radical (unpaired) electrons. The zero-order chi connectivity index (χ0) is 22.2. The number of aryl methyl sites for hydroxylation is 1. The van der Waals surface area contributed by atoms with E-state index < -0.39 is 6.04 Å². The second kappa shape index (κ2) is 10.9. The van der Waals surface area contributed by atoms with Crippen LogP contribution in [0.5, 0.6) is 0 Å². The third-order valence-corrected chi connectivity index (χ3v) is 6.51. The highest BCUT2D eigenvalue weighted by atomic mass is 16.2. The summed E-state index contributed by atoms with van der Waals surface area (Å²) in [7, 11) is 0. The van der Waals surface area contributed by atoms with Gasteiger partial charge in [-0.1, -0.05) is 86.0 Å². The fraction of sp³-hybridized carbons (Fsp3) is 0.357. The molecule has 4 nitrogen and oxygen atoms in total. The van der Waals surface area contributed by atoms with E-state index in [1.807, 2.05) is 60.7 Å². The molecule has 166 valence electrons. The summed E-state index contributed by atoms with van der Waals surface area (Å²) in [6, 6.07) is 23.4. The van der Waals surface area contributed by atoms with Crippen molar-refractivity contribution in [3.8, 4) is 0 Å². The molecule has 1 atom stereocenters. The molecule has 3 aromatic rings. The van der Waals surface area contributed by atoms with Crippen molar-refractivity contribution >= 4 is 22.6 Å². The van der Waals surface area contributed by atoms with E-state index in [2.05, 4.69) is 22.8 Å². The summed E-state index contributed by atoms with van der Waals surface area (Å²) in [6.07, 6.45) is 7.22. The number of amides is 2. The summed E-state index contributed by atoms with van der Waals surface area (Å²) in [4.78, 5) is 26.4. The second-order valence-corrected chi connectivity index (χ2v) is 8.76. The first-order valence-corrected chi connectivity index (χ1v) is 11.8. The fourth-order valence-corrected chi connectivity index (χ4v) is 4.77. The van der Waals surface area contributed by atoms with Crippen molar-refractivity contribution in [1.82, 2.24) is 10.6 Å². The van der Waals surface area contributed by atoms with Crippen LogP contribution in [0.15, 0.2) is 72.8 Å². The number of carbonyl (C=O) groups excluding carboxylic acids is 2. The predicted octanol–water partition coefficient (Wildman–Crippen LogP) is 5.27. The summed E-state index contributed by atoms with van der Waals surface area (Å²) in [5.41, 5.74) is 1.90. The standard InChI is InChI=1S/C28H32N2O2/c31-27(25-19-9-17-22-14-7-8-18-24(22)25)30-26(23-15-5-2-6-16-23)28(32)29-20-10-13-21-11-3-1-4-12-21/h1,3-4,7-9,11-12,14,17-19,23,26H,2,5-6,10,13,15-16,20H2,(H,29,32)(H,30,31)/t26-/m0/s1.